The first kappa shape index (κ1) is 13.7. The fraction of sp³-hybridized carbons (Fsp3) is 0.417. The maximum atomic E-state index is 11.2. The Hall–Kier alpha value is -1.36. The Morgan fingerprint density at radius 3 is 2.88 bits per heavy atom. The molecule has 4 nitrogen and oxygen atoms in total. The number of hydrogen-bond acceptors (Lipinski definition) is 3. The Morgan fingerprint density at radius 2 is 2.24 bits per heavy atom. The summed E-state index contributed by atoms with van der Waals surface area (Å²) in [6.45, 7) is 2.43. The second-order valence-corrected chi connectivity index (χ2v) is 5.28. The van der Waals surface area contributed by atoms with Crippen molar-refractivity contribution in [3.63, 3.8) is 0 Å². The van der Waals surface area contributed by atoms with Gasteiger partial charge in [0, 0.05) is 16.6 Å². The smallest absolute Gasteiger partial charge is 0.316 e. The van der Waals surface area contributed by atoms with Crippen LogP contribution in [0.3, 0.4) is 0 Å². The maximum Gasteiger partial charge on any atom is 0.316 e. The second-order valence-electron chi connectivity index (χ2n) is 3.70. The lowest BCUT2D eigenvalue weighted by atomic mass is 10.2. The summed E-state index contributed by atoms with van der Waals surface area (Å²) in [4.78, 5) is 10.3. The molecule has 1 N–H and O–H groups in total. The van der Waals surface area contributed by atoms with Crippen LogP contribution < -0.4 is 4.74 Å². The lowest BCUT2D eigenvalue weighted by Gasteiger charge is -2.06. The Kier molecular flexibility index (Phi) is 5.69. The zero-order valence-electron chi connectivity index (χ0n) is 9.72. The van der Waals surface area contributed by atoms with Crippen LogP contribution in [0.1, 0.15) is 12.0 Å². The molecule has 1 aromatic rings. The van der Waals surface area contributed by atoms with Gasteiger partial charge in [0.1, 0.15) is 11.5 Å². The lowest BCUT2D eigenvalue weighted by Crippen LogP contribution is -2.13. The molecule has 0 heterocycles. The minimum atomic E-state index is -1.29. The molecule has 0 saturated heterocycles. The molecule has 0 saturated carbocycles. The molecule has 0 fully saturated rings. The van der Waals surface area contributed by atoms with E-state index in [0.717, 1.165) is 11.3 Å². The maximum absolute atomic E-state index is 11.2. The van der Waals surface area contributed by atoms with E-state index in [0.29, 0.717) is 18.8 Å². The number of carboxylic acid groups (broad SMARTS) is 1. The predicted molar refractivity (Wildman–Crippen MR) is 66.8 cm³/mol. The SMILES string of the molecule is Cc1cccc(OCCCS(=O)CC(=O)O)c1. The zero-order chi connectivity index (χ0) is 12.7. The Balaban J connectivity index is 2.20. The summed E-state index contributed by atoms with van der Waals surface area (Å²) in [5.41, 5.74) is 1.12. The molecule has 0 radical (unpaired) electrons. The standard InChI is InChI=1S/C12H16O4S/c1-10-4-2-5-11(8-10)16-6-3-7-17(15)9-12(13)14/h2,4-5,8H,3,6-7,9H2,1H3,(H,13,14). The first-order chi connectivity index (χ1) is 8.08. The molecule has 0 amide bonds. The van der Waals surface area contributed by atoms with Crippen LogP contribution in [0.25, 0.3) is 0 Å². The van der Waals surface area contributed by atoms with Gasteiger partial charge >= 0.3 is 5.97 Å². The molecule has 1 aromatic carbocycles. The summed E-state index contributed by atoms with van der Waals surface area (Å²) >= 11 is 0. The number of rotatable bonds is 7. The van der Waals surface area contributed by atoms with Crippen molar-refractivity contribution in [2.75, 3.05) is 18.1 Å². The zero-order valence-corrected chi connectivity index (χ0v) is 10.5. The highest BCUT2D eigenvalue weighted by Crippen LogP contribution is 2.12. The van der Waals surface area contributed by atoms with Gasteiger partial charge in [-0.05, 0) is 31.0 Å². The van der Waals surface area contributed by atoms with Crippen molar-refractivity contribution in [2.24, 2.45) is 0 Å². The summed E-state index contributed by atoms with van der Waals surface area (Å²) in [6, 6.07) is 7.68. The molecule has 0 aliphatic rings. The van der Waals surface area contributed by atoms with Crippen molar-refractivity contribution in [3.05, 3.63) is 29.8 Å². The average Bonchev–Trinajstić information content (AvgIpc) is 2.23. The van der Waals surface area contributed by atoms with E-state index in [1.165, 1.54) is 0 Å². The van der Waals surface area contributed by atoms with Crippen LogP contribution >= 0.6 is 0 Å². The summed E-state index contributed by atoms with van der Waals surface area (Å²) in [5, 5.41) is 8.42. The van der Waals surface area contributed by atoms with Crippen LogP contribution in [0.5, 0.6) is 5.75 Å². The number of aliphatic carboxylic acids is 1. The summed E-state index contributed by atoms with van der Waals surface area (Å²) in [7, 11) is -1.29. The summed E-state index contributed by atoms with van der Waals surface area (Å²) in [6.07, 6.45) is 0.591. The van der Waals surface area contributed by atoms with Gasteiger partial charge in [-0.25, -0.2) is 0 Å². The molecule has 0 aromatic heterocycles. The number of hydrogen-bond donors (Lipinski definition) is 1. The van der Waals surface area contributed by atoms with Gasteiger partial charge in [0.25, 0.3) is 0 Å². The topological polar surface area (TPSA) is 63.6 Å². The fourth-order valence-corrected chi connectivity index (χ4v) is 2.18. The van der Waals surface area contributed by atoms with Gasteiger partial charge in [0.2, 0.25) is 0 Å². The van der Waals surface area contributed by atoms with E-state index >= 15 is 0 Å². The molecule has 1 atom stereocenters. The molecular formula is C12H16O4S. The summed E-state index contributed by atoms with van der Waals surface area (Å²) in [5.74, 6) is -0.167. The quantitative estimate of drug-likeness (QED) is 0.753. The molecule has 0 aliphatic carbocycles. The van der Waals surface area contributed by atoms with Gasteiger partial charge in [-0.15, -0.1) is 0 Å². The average molecular weight is 256 g/mol. The molecule has 0 bridgehead atoms. The highest BCUT2D eigenvalue weighted by molar-refractivity contribution is 7.85. The number of carbonyl (C=O) groups is 1. The first-order valence-electron chi connectivity index (χ1n) is 5.34. The van der Waals surface area contributed by atoms with Gasteiger partial charge in [0.05, 0.1) is 6.61 Å². The first-order valence-corrected chi connectivity index (χ1v) is 6.83. The van der Waals surface area contributed by atoms with Gasteiger partial charge in [-0.2, -0.15) is 0 Å². The van der Waals surface area contributed by atoms with E-state index in [1.54, 1.807) is 0 Å². The Bertz CT molecular complexity index is 403. The molecule has 17 heavy (non-hydrogen) atoms. The number of carboxylic acids is 1. The van der Waals surface area contributed by atoms with E-state index in [-0.39, 0.29) is 5.75 Å². The van der Waals surface area contributed by atoms with Crippen molar-refractivity contribution < 1.29 is 18.8 Å². The monoisotopic (exact) mass is 256 g/mol. The van der Waals surface area contributed by atoms with E-state index in [4.69, 9.17) is 9.84 Å². The highest BCUT2D eigenvalue weighted by atomic mass is 32.2. The lowest BCUT2D eigenvalue weighted by molar-refractivity contribution is -0.133. The van der Waals surface area contributed by atoms with Crippen LogP contribution in [0.15, 0.2) is 24.3 Å². The molecule has 0 spiro atoms. The van der Waals surface area contributed by atoms with E-state index in [1.807, 2.05) is 31.2 Å². The Morgan fingerprint density at radius 1 is 1.47 bits per heavy atom. The van der Waals surface area contributed by atoms with Gasteiger partial charge in [-0.3, -0.25) is 9.00 Å². The number of aryl methyl sites for hydroxylation is 1. The van der Waals surface area contributed by atoms with Crippen molar-refractivity contribution in [3.8, 4) is 5.75 Å². The van der Waals surface area contributed by atoms with E-state index in [9.17, 15) is 9.00 Å². The molecule has 5 heteroatoms. The summed E-state index contributed by atoms with van der Waals surface area (Å²) < 4.78 is 16.7. The normalized spacial score (nSPS) is 12.1. The third-order valence-corrected chi connectivity index (χ3v) is 3.37. The largest absolute Gasteiger partial charge is 0.494 e. The molecule has 94 valence electrons. The van der Waals surface area contributed by atoms with Gasteiger partial charge in [-0.1, -0.05) is 12.1 Å². The molecular weight excluding hydrogens is 240 g/mol. The second kappa shape index (κ2) is 7.06. The number of benzene rings is 1. The van der Waals surface area contributed by atoms with Crippen molar-refractivity contribution >= 4 is 16.8 Å². The van der Waals surface area contributed by atoms with Crippen molar-refractivity contribution in [1.82, 2.24) is 0 Å². The molecule has 1 rings (SSSR count). The van der Waals surface area contributed by atoms with Crippen LogP contribution in [0, 0.1) is 6.92 Å². The highest BCUT2D eigenvalue weighted by Gasteiger charge is 2.05. The van der Waals surface area contributed by atoms with Crippen LogP contribution in [0.4, 0.5) is 0 Å². The Labute approximate surface area is 103 Å². The number of ether oxygens (including phenoxy) is 1. The van der Waals surface area contributed by atoms with Crippen molar-refractivity contribution in [1.29, 1.82) is 0 Å². The van der Waals surface area contributed by atoms with Gasteiger partial charge in [0.15, 0.2) is 0 Å². The van der Waals surface area contributed by atoms with Crippen LogP contribution in [0.2, 0.25) is 0 Å². The van der Waals surface area contributed by atoms with Gasteiger partial charge < -0.3 is 9.84 Å². The molecule has 0 aliphatic heterocycles. The fourth-order valence-electron chi connectivity index (χ4n) is 1.32. The third kappa shape index (κ3) is 6.06. The predicted octanol–water partition coefficient (Wildman–Crippen LogP) is 1.60. The minimum absolute atomic E-state index is 0.287. The van der Waals surface area contributed by atoms with E-state index in [2.05, 4.69) is 0 Å². The third-order valence-electron chi connectivity index (χ3n) is 2.06. The van der Waals surface area contributed by atoms with Crippen molar-refractivity contribution in [2.45, 2.75) is 13.3 Å². The van der Waals surface area contributed by atoms with Crippen LogP contribution in [-0.2, 0) is 15.6 Å². The molecule has 1 unspecified atom stereocenters. The van der Waals surface area contributed by atoms with Crippen LogP contribution in [-0.4, -0.2) is 33.4 Å². The minimum Gasteiger partial charge on any atom is -0.494 e. The van der Waals surface area contributed by atoms with E-state index < -0.39 is 16.8 Å².